The Hall–Kier alpha value is 0.740. The second-order valence-electron chi connectivity index (χ2n) is 3.08. The van der Waals surface area contributed by atoms with Crippen molar-refractivity contribution in [3.8, 4) is 0 Å². The third kappa shape index (κ3) is 2.16. The van der Waals surface area contributed by atoms with E-state index in [2.05, 4.69) is 18.5 Å². The monoisotopic (exact) mass is 210 g/mol. The molecule has 1 saturated heterocycles. The fourth-order valence-corrected chi connectivity index (χ4v) is 2.09. The normalized spacial score (nSPS) is 34.0. The van der Waals surface area contributed by atoms with Gasteiger partial charge in [0.05, 0.1) is 18.8 Å². The van der Waals surface area contributed by atoms with Gasteiger partial charge in [-0.1, -0.05) is 0 Å². The maximum absolute atomic E-state index is 8.99. The zero-order chi connectivity index (χ0) is 9.19. The third-order valence-corrected chi connectivity index (χ3v) is 2.90. The molecule has 1 rings (SSSR count). The second kappa shape index (κ2) is 4.30. The molecule has 0 bridgehead atoms. The lowest BCUT2D eigenvalue weighted by Gasteiger charge is -2.19. The molecule has 1 heterocycles. The van der Waals surface area contributed by atoms with E-state index >= 15 is 0 Å². The van der Waals surface area contributed by atoms with Crippen molar-refractivity contribution in [2.24, 2.45) is 0 Å². The van der Waals surface area contributed by atoms with Crippen LogP contribution in [0, 0.1) is 0 Å². The molecule has 1 aliphatic heterocycles. The molecule has 4 atom stereocenters. The smallest absolute Gasteiger partial charge is 0.189 e. The van der Waals surface area contributed by atoms with Gasteiger partial charge in [-0.2, -0.15) is 0 Å². The molecule has 0 aromatic rings. The molecule has 0 aromatic carbocycles. The van der Waals surface area contributed by atoms with Gasteiger partial charge in [0.1, 0.15) is 0 Å². The highest BCUT2D eigenvalue weighted by molar-refractivity contribution is 7.17. The molecule has 0 radical (unpaired) electrons. The Labute approximate surface area is 77.6 Å². The van der Waals surface area contributed by atoms with Crippen LogP contribution in [0.25, 0.3) is 0 Å². The SMILES string of the molecule is CC1(CO)O[C@@H](CP)[C@H](CP)O1. The van der Waals surface area contributed by atoms with Crippen LogP contribution in [0.2, 0.25) is 0 Å². The van der Waals surface area contributed by atoms with E-state index in [1.807, 2.05) is 0 Å². The molecule has 0 amide bonds. The maximum Gasteiger partial charge on any atom is 0.189 e. The standard InChI is InChI=1S/C7H16O3P2/c1-7(4-8)9-5(2-11)6(3-12)10-7/h5-6,8H,2-4,11-12H2,1H3/t5-,6-/m0/s1. The van der Waals surface area contributed by atoms with Gasteiger partial charge in [0.15, 0.2) is 5.79 Å². The quantitative estimate of drug-likeness (QED) is 0.677. The van der Waals surface area contributed by atoms with Crippen molar-refractivity contribution in [3.05, 3.63) is 0 Å². The summed E-state index contributed by atoms with van der Waals surface area (Å²) in [6, 6.07) is 0. The van der Waals surface area contributed by atoms with Crippen LogP contribution < -0.4 is 0 Å². The van der Waals surface area contributed by atoms with Gasteiger partial charge in [-0.15, -0.1) is 18.5 Å². The zero-order valence-corrected chi connectivity index (χ0v) is 9.50. The summed E-state index contributed by atoms with van der Waals surface area (Å²) in [5, 5.41) is 8.99. The van der Waals surface area contributed by atoms with E-state index in [-0.39, 0.29) is 18.8 Å². The predicted octanol–water partition coefficient (Wildman–Crippen LogP) is 0.229. The Morgan fingerprint density at radius 2 is 1.67 bits per heavy atom. The first-order valence-electron chi connectivity index (χ1n) is 4.02. The van der Waals surface area contributed by atoms with Gasteiger partial charge in [-0.3, -0.25) is 0 Å². The first kappa shape index (κ1) is 10.8. The lowest BCUT2D eigenvalue weighted by atomic mass is 10.3. The second-order valence-corrected chi connectivity index (χ2v) is 4.02. The van der Waals surface area contributed by atoms with Gasteiger partial charge in [-0.25, -0.2) is 0 Å². The van der Waals surface area contributed by atoms with Crippen molar-refractivity contribution in [2.45, 2.75) is 24.9 Å². The first-order chi connectivity index (χ1) is 5.65. The van der Waals surface area contributed by atoms with Gasteiger partial charge in [0.25, 0.3) is 0 Å². The summed E-state index contributed by atoms with van der Waals surface area (Å²) in [4.78, 5) is 0. The summed E-state index contributed by atoms with van der Waals surface area (Å²) >= 11 is 0. The van der Waals surface area contributed by atoms with E-state index < -0.39 is 5.79 Å². The summed E-state index contributed by atoms with van der Waals surface area (Å²) in [5.74, 6) is -0.789. The number of rotatable bonds is 3. The molecule has 72 valence electrons. The molecule has 1 N–H and O–H groups in total. The van der Waals surface area contributed by atoms with Crippen LogP contribution in [-0.4, -0.2) is 42.0 Å². The molecule has 5 heteroatoms. The molecular formula is C7H16O3P2. The van der Waals surface area contributed by atoms with Crippen LogP contribution in [0.1, 0.15) is 6.92 Å². The molecule has 0 spiro atoms. The number of hydrogen-bond acceptors (Lipinski definition) is 3. The lowest BCUT2D eigenvalue weighted by Crippen LogP contribution is -2.31. The average molecular weight is 210 g/mol. The predicted molar refractivity (Wildman–Crippen MR) is 54.4 cm³/mol. The molecule has 12 heavy (non-hydrogen) atoms. The van der Waals surface area contributed by atoms with Crippen LogP contribution in [0.15, 0.2) is 0 Å². The number of ether oxygens (including phenoxy) is 2. The van der Waals surface area contributed by atoms with Crippen LogP contribution >= 0.6 is 18.5 Å². The Morgan fingerprint density at radius 3 is 1.92 bits per heavy atom. The Morgan fingerprint density at radius 1 is 1.25 bits per heavy atom. The molecule has 3 nitrogen and oxygen atoms in total. The van der Waals surface area contributed by atoms with Gasteiger partial charge in [-0.05, 0) is 19.2 Å². The zero-order valence-electron chi connectivity index (χ0n) is 7.19. The van der Waals surface area contributed by atoms with E-state index in [0.29, 0.717) is 0 Å². The van der Waals surface area contributed by atoms with Crippen molar-refractivity contribution >= 4 is 18.5 Å². The van der Waals surface area contributed by atoms with E-state index in [9.17, 15) is 0 Å². The van der Waals surface area contributed by atoms with E-state index in [1.54, 1.807) is 6.92 Å². The molecule has 0 aliphatic carbocycles. The topological polar surface area (TPSA) is 38.7 Å². The van der Waals surface area contributed by atoms with Crippen molar-refractivity contribution in [1.29, 1.82) is 0 Å². The minimum atomic E-state index is -0.789. The van der Waals surface area contributed by atoms with Gasteiger partial charge < -0.3 is 14.6 Å². The molecular weight excluding hydrogens is 194 g/mol. The van der Waals surface area contributed by atoms with Crippen LogP contribution in [0.4, 0.5) is 0 Å². The molecule has 1 aliphatic rings. The number of hydrogen-bond donors (Lipinski definition) is 1. The highest BCUT2D eigenvalue weighted by Gasteiger charge is 2.42. The Kier molecular flexibility index (Phi) is 3.88. The first-order valence-corrected chi connectivity index (χ1v) is 5.65. The molecule has 1 fully saturated rings. The van der Waals surface area contributed by atoms with Crippen molar-refractivity contribution < 1.29 is 14.6 Å². The van der Waals surface area contributed by atoms with Gasteiger partial charge >= 0.3 is 0 Å². The Balaban J connectivity index is 2.58. The highest BCUT2D eigenvalue weighted by atomic mass is 31.0. The summed E-state index contributed by atoms with van der Waals surface area (Å²) in [6.45, 7) is 1.68. The average Bonchev–Trinajstić information content (AvgIpc) is 2.43. The largest absolute Gasteiger partial charge is 0.391 e. The van der Waals surface area contributed by atoms with E-state index in [4.69, 9.17) is 14.6 Å². The third-order valence-electron chi connectivity index (χ3n) is 1.97. The Bertz CT molecular complexity index is 142. The van der Waals surface area contributed by atoms with Gasteiger partial charge in [0.2, 0.25) is 0 Å². The number of aliphatic hydroxyl groups is 1. The fraction of sp³-hybridized carbons (Fsp3) is 1.00. The summed E-state index contributed by atoms with van der Waals surface area (Å²) in [5.41, 5.74) is 0. The van der Waals surface area contributed by atoms with Crippen LogP contribution in [0.3, 0.4) is 0 Å². The molecule has 0 saturated carbocycles. The van der Waals surface area contributed by atoms with E-state index in [0.717, 1.165) is 12.3 Å². The minimum absolute atomic E-state index is 0.0876. The molecule has 2 unspecified atom stereocenters. The van der Waals surface area contributed by atoms with Crippen molar-refractivity contribution in [1.82, 2.24) is 0 Å². The number of aliphatic hydroxyl groups excluding tert-OH is 1. The van der Waals surface area contributed by atoms with Crippen molar-refractivity contribution in [2.75, 3.05) is 18.9 Å². The van der Waals surface area contributed by atoms with Gasteiger partial charge in [0, 0.05) is 0 Å². The fourth-order valence-electron chi connectivity index (χ4n) is 1.29. The van der Waals surface area contributed by atoms with Crippen molar-refractivity contribution in [3.63, 3.8) is 0 Å². The van der Waals surface area contributed by atoms with Crippen LogP contribution in [-0.2, 0) is 9.47 Å². The summed E-state index contributed by atoms with van der Waals surface area (Å²) in [7, 11) is 5.26. The lowest BCUT2D eigenvalue weighted by molar-refractivity contribution is -0.182. The van der Waals surface area contributed by atoms with E-state index in [1.165, 1.54) is 0 Å². The minimum Gasteiger partial charge on any atom is -0.391 e. The molecule has 0 aromatic heterocycles. The maximum atomic E-state index is 8.99. The van der Waals surface area contributed by atoms with Crippen LogP contribution in [0.5, 0.6) is 0 Å². The highest BCUT2D eigenvalue weighted by Crippen LogP contribution is 2.30. The summed E-state index contributed by atoms with van der Waals surface area (Å²) < 4.78 is 11.1. The summed E-state index contributed by atoms with van der Waals surface area (Å²) in [6.07, 6.45) is 1.86.